The van der Waals surface area contributed by atoms with E-state index in [-0.39, 0.29) is 0 Å². The number of fused-ring (bicyclic) bond motifs is 1. The maximum Gasteiger partial charge on any atom is 0.229 e. The highest BCUT2D eigenvalue weighted by molar-refractivity contribution is 5.73. The Kier molecular flexibility index (Phi) is 4.24. The molecule has 5 rings (SSSR count). The summed E-state index contributed by atoms with van der Waals surface area (Å²) in [5.74, 6) is 0.503. The number of rotatable bonds is 5. The SMILES string of the molecule is CCn1cc(-n2cnc3cnc(Nc4cnn(C5CCOCC5)c4)nc32)cn1. The predicted molar refractivity (Wildman–Crippen MR) is 103 cm³/mol. The Labute approximate surface area is 161 Å². The summed E-state index contributed by atoms with van der Waals surface area (Å²) in [5.41, 5.74) is 3.23. The lowest BCUT2D eigenvalue weighted by atomic mass is 10.1. The summed E-state index contributed by atoms with van der Waals surface area (Å²) in [6.45, 7) is 4.43. The van der Waals surface area contributed by atoms with Crippen LogP contribution < -0.4 is 5.32 Å². The van der Waals surface area contributed by atoms with Crippen molar-refractivity contribution in [2.24, 2.45) is 0 Å². The van der Waals surface area contributed by atoms with Crippen LogP contribution in [-0.2, 0) is 11.3 Å². The molecule has 10 heteroatoms. The second-order valence-corrected chi connectivity index (χ2v) is 6.75. The third-order valence-corrected chi connectivity index (χ3v) is 4.93. The number of nitrogens with one attached hydrogen (secondary N) is 1. The van der Waals surface area contributed by atoms with Gasteiger partial charge in [-0.3, -0.25) is 13.9 Å². The quantitative estimate of drug-likeness (QED) is 0.568. The molecule has 0 aliphatic carbocycles. The topological polar surface area (TPSA) is 101 Å². The minimum Gasteiger partial charge on any atom is -0.381 e. The lowest BCUT2D eigenvalue weighted by Crippen LogP contribution is -2.19. The zero-order chi connectivity index (χ0) is 18.9. The van der Waals surface area contributed by atoms with Crippen LogP contribution in [0.2, 0.25) is 0 Å². The van der Waals surface area contributed by atoms with Gasteiger partial charge in [0, 0.05) is 32.2 Å². The average Bonchev–Trinajstić information content (AvgIpc) is 3.47. The largest absolute Gasteiger partial charge is 0.381 e. The van der Waals surface area contributed by atoms with Crippen LogP contribution >= 0.6 is 0 Å². The van der Waals surface area contributed by atoms with Crippen LogP contribution in [0.4, 0.5) is 11.6 Å². The smallest absolute Gasteiger partial charge is 0.229 e. The van der Waals surface area contributed by atoms with Crippen LogP contribution in [0.3, 0.4) is 0 Å². The van der Waals surface area contributed by atoms with Crippen LogP contribution in [-0.4, -0.2) is 52.3 Å². The number of aryl methyl sites for hydroxylation is 1. The summed E-state index contributed by atoms with van der Waals surface area (Å²) in [6.07, 6.45) is 13.0. The summed E-state index contributed by atoms with van der Waals surface area (Å²) in [6, 6.07) is 0.379. The molecule has 0 spiro atoms. The minimum atomic E-state index is 0.379. The van der Waals surface area contributed by atoms with Gasteiger partial charge in [-0.15, -0.1) is 0 Å². The molecule has 0 bridgehead atoms. The molecule has 4 aromatic heterocycles. The van der Waals surface area contributed by atoms with Crippen LogP contribution in [0, 0.1) is 0 Å². The zero-order valence-corrected chi connectivity index (χ0v) is 15.6. The average molecular weight is 379 g/mol. The van der Waals surface area contributed by atoms with E-state index < -0.39 is 0 Å². The van der Waals surface area contributed by atoms with E-state index in [1.54, 1.807) is 24.9 Å². The Morgan fingerprint density at radius 3 is 2.82 bits per heavy atom. The van der Waals surface area contributed by atoms with Crippen LogP contribution in [0.5, 0.6) is 0 Å². The van der Waals surface area contributed by atoms with E-state index in [1.165, 1.54) is 0 Å². The minimum absolute atomic E-state index is 0.379. The molecule has 1 aliphatic rings. The van der Waals surface area contributed by atoms with Crippen molar-refractivity contribution in [3.63, 3.8) is 0 Å². The standard InChI is InChI=1S/C18H21N9O/c1-2-25-11-15(8-21-25)26-12-20-16-9-19-18(24-17(16)26)23-13-7-22-27(10-13)14-3-5-28-6-4-14/h7-12,14H,2-6H2,1H3,(H,19,23,24). The fourth-order valence-electron chi connectivity index (χ4n) is 3.39. The molecule has 1 aliphatic heterocycles. The summed E-state index contributed by atoms with van der Waals surface area (Å²) in [4.78, 5) is 13.4. The molecule has 10 nitrogen and oxygen atoms in total. The van der Waals surface area contributed by atoms with Crippen molar-refractivity contribution >= 4 is 22.8 Å². The van der Waals surface area contributed by atoms with Gasteiger partial charge in [-0.2, -0.15) is 15.2 Å². The Bertz CT molecular complexity index is 1090. The molecule has 0 aromatic carbocycles. The lowest BCUT2D eigenvalue weighted by molar-refractivity contribution is 0.0662. The molecule has 0 amide bonds. The third-order valence-electron chi connectivity index (χ3n) is 4.93. The first-order valence-electron chi connectivity index (χ1n) is 9.42. The van der Waals surface area contributed by atoms with Gasteiger partial charge in [0.05, 0.1) is 36.0 Å². The number of anilines is 2. The van der Waals surface area contributed by atoms with E-state index in [9.17, 15) is 0 Å². The van der Waals surface area contributed by atoms with E-state index in [1.807, 2.05) is 33.2 Å². The molecule has 0 radical (unpaired) electrons. The highest BCUT2D eigenvalue weighted by Crippen LogP contribution is 2.23. The van der Waals surface area contributed by atoms with Gasteiger partial charge in [0.2, 0.25) is 5.95 Å². The molecule has 28 heavy (non-hydrogen) atoms. The van der Waals surface area contributed by atoms with Crippen molar-refractivity contribution in [3.8, 4) is 5.69 Å². The van der Waals surface area contributed by atoms with Crippen molar-refractivity contribution in [2.75, 3.05) is 18.5 Å². The van der Waals surface area contributed by atoms with Gasteiger partial charge >= 0.3 is 0 Å². The fraction of sp³-hybridized carbons (Fsp3) is 0.389. The zero-order valence-electron chi connectivity index (χ0n) is 15.6. The number of nitrogens with zero attached hydrogens (tertiary/aromatic N) is 8. The molecule has 4 aromatic rings. The van der Waals surface area contributed by atoms with Crippen molar-refractivity contribution in [1.29, 1.82) is 0 Å². The van der Waals surface area contributed by atoms with Gasteiger partial charge in [-0.1, -0.05) is 0 Å². The number of ether oxygens (including phenoxy) is 1. The van der Waals surface area contributed by atoms with Gasteiger partial charge in [0.15, 0.2) is 5.65 Å². The molecular weight excluding hydrogens is 358 g/mol. The van der Waals surface area contributed by atoms with E-state index >= 15 is 0 Å². The van der Waals surface area contributed by atoms with E-state index in [4.69, 9.17) is 4.74 Å². The molecular formula is C18H21N9O. The number of hydrogen-bond acceptors (Lipinski definition) is 7. The number of aromatic nitrogens is 8. The first-order valence-corrected chi connectivity index (χ1v) is 9.42. The van der Waals surface area contributed by atoms with Gasteiger partial charge in [0.1, 0.15) is 11.8 Å². The highest BCUT2D eigenvalue weighted by Gasteiger charge is 2.17. The van der Waals surface area contributed by atoms with Gasteiger partial charge in [-0.25, -0.2) is 9.97 Å². The Morgan fingerprint density at radius 2 is 2.00 bits per heavy atom. The Morgan fingerprint density at radius 1 is 1.11 bits per heavy atom. The van der Waals surface area contributed by atoms with Crippen LogP contribution in [0.1, 0.15) is 25.8 Å². The maximum atomic E-state index is 5.42. The van der Waals surface area contributed by atoms with Gasteiger partial charge < -0.3 is 10.1 Å². The predicted octanol–water partition coefficient (Wildman–Crippen LogP) is 2.32. The van der Waals surface area contributed by atoms with Crippen molar-refractivity contribution in [1.82, 2.24) is 39.1 Å². The number of imidazole rings is 1. The van der Waals surface area contributed by atoms with Crippen LogP contribution in [0.25, 0.3) is 16.9 Å². The molecule has 0 atom stereocenters. The normalized spacial score (nSPS) is 15.3. The monoisotopic (exact) mass is 379 g/mol. The molecule has 0 saturated carbocycles. The summed E-state index contributed by atoms with van der Waals surface area (Å²) >= 11 is 0. The van der Waals surface area contributed by atoms with Crippen molar-refractivity contribution in [3.05, 3.63) is 37.3 Å². The van der Waals surface area contributed by atoms with E-state index in [0.717, 1.165) is 55.1 Å². The second kappa shape index (κ2) is 7.04. The third kappa shape index (κ3) is 3.11. The highest BCUT2D eigenvalue weighted by atomic mass is 16.5. The first kappa shape index (κ1) is 16.9. The molecule has 1 saturated heterocycles. The summed E-state index contributed by atoms with van der Waals surface area (Å²) < 4.78 is 11.2. The van der Waals surface area contributed by atoms with Crippen molar-refractivity contribution < 1.29 is 4.74 Å². The number of hydrogen-bond donors (Lipinski definition) is 1. The Hall–Kier alpha value is -3.27. The molecule has 0 unspecified atom stereocenters. The first-order chi connectivity index (χ1) is 13.8. The van der Waals surface area contributed by atoms with E-state index in [0.29, 0.717) is 12.0 Å². The van der Waals surface area contributed by atoms with E-state index in [2.05, 4.69) is 30.5 Å². The van der Waals surface area contributed by atoms with Gasteiger partial charge in [-0.05, 0) is 19.8 Å². The molecule has 1 fully saturated rings. The van der Waals surface area contributed by atoms with Crippen molar-refractivity contribution in [2.45, 2.75) is 32.4 Å². The second-order valence-electron chi connectivity index (χ2n) is 6.75. The lowest BCUT2D eigenvalue weighted by Gasteiger charge is -2.22. The molecule has 1 N–H and O–H groups in total. The summed E-state index contributed by atoms with van der Waals surface area (Å²) in [5, 5.41) is 12.0. The maximum absolute atomic E-state index is 5.42. The Balaban J connectivity index is 1.40. The molecule has 144 valence electrons. The van der Waals surface area contributed by atoms with Crippen LogP contribution in [0.15, 0.2) is 37.3 Å². The summed E-state index contributed by atoms with van der Waals surface area (Å²) in [7, 11) is 0. The van der Waals surface area contributed by atoms with Gasteiger partial charge in [0.25, 0.3) is 0 Å². The molecule has 5 heterocycles. The fourth-order valence-corrected chi connectivity index (χ4v) is 3.39.